The van der Waals surface area contributed by atoms with Crippen LogP contribution in [0.1, 0.15) is 23.7 Å². The molecule has 0 atom stereocenters. The fourth-order valence-corrected chi connectivity index (χ4v) is 2.74. The molecule has 0 bridgehead atoms. The van der Waals surface area contributed by atoms with E-state index >= 15 is 0 Å². The van der Waals surface area contributed by atoms with E-state index < -0.39 is 5.97 Å². The van der Waals surface area contributed by atoms with Gasteiger partial charge in [-0.2, -0.15) is 0 Å². The van der Waals surface area contributed by atoms with Crippen LogP contribution in [-0.2, 0) is 16.1 Å². The quantitative estimate of drug-likeness (QED) is 0.331. The minimum atomic E-state index is -0.900. The Labute approximate surface area is 144 Å². The van der Waals surface area contributed by atoms with Crippen LogP contribution < -0.4 is 5.32 Å². The third-order valence-electron chi connectivity index (χ3n) is 3.21. The normalized spacial score (nSPS) is 11.7. The van der Waals surface area contributed by atoms with Gasteiger partial charge in [-0.3, -0.25) is 4.79 Å². The number of anilines is 1. The number of rotatable bonds is 8. The summed E-state index contributed by atoms with van der Waals surface area (Å²) in [4.78, 5) is 19.9. The molecule has 1 aromatic carbocycles. The summed E-state index contributed by atoms with van der Waals surface area (Å²) in [7, 11) is 0. The number of aromatic nitrogens is 1. The number of carbonyl (C=O) groups is 1. The lowest BCUT2D eigenvalue weighted by molar-refractivity contribution is -0.136. The summed E-state index contributed by atoms with van der Waals surface area (Å²) in [6.07, 6.45) is 3.56. The number of nitrogens with one attached hydrogen (secondary N) is 1. The van der Waals surface area contributed by atoms with Crippen LogP contribution in [0.2, 0.25) is 0 Å². The molecule has 6 nitrogen and oxygen atoms in total. The van der Waals surface area contributed by atoms with Crippen molar-refractivity contribution < 1.29 is 14.7 Å². The highest BCUT2D eigenvalue weighted by Crippen LogP contribution is 2.17. The molecule has 0 saturated carbocycles. The van der Waals surface area contributed by atoms with Gasteiger partial charge in [0.1, 0.15) is 0 Å². The number of thiazole rings is 1. The number of carboxylic acid groups (broad SMARTS) is 1. The number of aliphatic carboxylic acids is 1. The van der Waals surface area contributed by atoms with Gasteiger partial charge in [0.15, 0.2) is 11.9 Å². The second-order valence-corrected chi connectivity index (χ2v) is 5.82. The van der Waals surface area contributed by atoms with Crippen LogP contribution in [0.3, 0.4) is 0 Å². The third-order valence-corrected chi connectivity index (χ3v) is 4.05. The van der Waals surface area contributed by atoms with Crippen LogP contribution in [0.15, 0.2) is 40.9 Å². The molecule has 2 N–H and O–H groups in total. The first-order chi connectivity index (χ1) is 11.6. The number of benzene rings is 1. The largest absolute Gasteiger partial charge is 0.481 e. The maximum absolute atomic E-state index is 10.6. The predicted octanol–water partition coefficient (Wildman–Crippen LogP) is 3.55. The van der Waals surface area contributed by atoms with Crippen LogP contribution in [0.4, 0.5) is 5.13 Å². The van der Waals surface area contributed by atoms with Crippen molar-refractivity contribution >= 4 is 34.2 Å². The molecule has 0 aliphatic heterocycles. The molecule has 0 aliphatic carbocycles. The topological polar surface area (TPSA) is 83.8 Å². The van der Waals surface area contributed by atoms with Gasteiger partial charge in [-0.25, -0.2) is 4.98 Å². The first-order valence-corrected chi connectivity index (χ1v) is 8.26. The highest BCUT2D eigenvalue weighted by atomic mass is 32.1. The van der Waals surface area contributed by atoms with Gasteiger partial charge in [0.2, 0.25) is 0 Å². The molecule has 0 unspecified atom stereocenters. The molecular formula is C17H19N3O3S. The van der Waals surface area contributed by atoms with E-state index in [4.69, 9.17) is 9.94 Å². The molecule has 126 valence electrons. The molecule has 2 aromatic rings. The van der Waals surface area contributed by atoms with Crippen LogP contribution in [0.5, 0.6) is 0 Å². The number of hydrogen-bond acceptors (Lipinski definition) is 6. The Morgan fingerprint density at radius 3 is 2.96 bits per heavy atom. The zero-order chi connectivity index (χ0) is 17.4. The number of carboxylic acids is 1. The van der Waals surface area contributed by atoms with E-state index in [-0.39, 0.29) is 13.2 Å². The maximum Gasteiger partial charge on any atom is 0.309 e. The van der Waals surface area contributed by atoms with Crippen LogP contribution in [0, 0.1) is 6.92 Å². The fraction of sp³-hybridized carbons (Fsp3) is 0.235. The minimum absolute atomic E-state index is 0.0850. The van der Waals surface area contributed by atoms with Gasteiger partial charge in [-0.15, -0.1) is 11.3 Å². The first kappa shape index (κ1) is 17.7. The standard InChI is InChI=1S/C17H19N3O3S/c1-3-13(15-7-5-4-6-12(15)2)9-19-23-11-18-17-20-14(10-24-17)8-16(21)22/h3-7,9-10H,8,11H2,1-2H3,(H,18,20)(H,21,22)/b13-3-,19-9+. The summed E-state index contributed by atoms with van der Waals surface area (Å²) in [5.41, 5.74) is 3.78. The number of aryl methyl sites for hydroxylation is 1. The molecule has 24 heavy (non-hydrogen) atoms. The average molecular weight is 345 g/mol. The zero-order valence-corrected chi connectivity index (χ0v) is 14.3. The van der Waals surface area contributed by atoms with Crippen molar-refractivity contribution in [2.24, 2.45) is 5.16 Å². The van der Waals surface area contributed by atoms with E-state index in [1.165, 1.54) is 16.9 Å². The number of oxime groups is 1. The Morgan fingerprint density at radius 2 is 2.25 bits per heavy atom. The Balaban J connectivity index is 1.83. The van der Waals surface area contributed by atoms with Gasteiger partial charge < -0.3 is 15.3 Å². The smallest absolute Gasteiger partial charge is 0.309 e. The van der Waals surface area contributed by atoms with E-state index in [1.54, 1.807) is 11.6 Å². The molecule has 0 amide bonds. The summed E-state index contributed by atoms with van der Waals surface area (Å²) in [5.74, 6) is -0.900. The number of allylic oxidation sites excluding steroid dienone is 2. The van der Waals surface area contributed by atoms with E-state index in [1.807, 2.05) is 44.2 Å². The maximum atomic E-state index is 10.6. The lowest BCUT2D eigenvalue weighted by atomic mass is 10.0. The van der Waals surface area contributed by atoms with E-state index in [0.717, 1.165) is 11.1 Å². The predicted molar refractivity (Wildman–Crippen MR) is 96.4 cm³/mol. The van der Waals surface area contributed by atoms with Crippen molar-refractivity contribution in [1.29, 1.82) is 0 Å². The highest BCUT2D eigenvalue weighted by molar-refractivity contribution is 7.13. The van der Waals surface area contributed by atoms with Gasteiger partial charge in [0.25, 0.3) is 0 Å². The first-order valence-electron chi connectivity index (χ1n) is 7.38. The Kier molecular flexibility index (Phi) is 6.51. The Hall–Kier alpha value is -2.67. The number of nitrogens with zero attached hydrogens (tertiary/aromatic N) is 2. The second kappa shape index (κ2) is 8.83. The molecule has 0 fully saturated rings. The van der Waals surface area contributed by atoms with Crippen molar-refractivity contribution in [2.45, 2.75) is 20.3 Å². The molecule has 1 aromatic heterocycles. The van der Waals surface area contributed by atoms with Crippen LogP contribution in [-0.4, -0.2) is 29.0 Å². The highest BCUT2D eigenvalue weighted by Gasteiger charge is 2.05. The molecule has 0 aliphatic rings. The van der Waals surface area contributed by atoms with Gasteiger partial charge in [0.05, 0.1) is 18.3 Å². The fourth-order valence-electron chi connectivity index (χ4n) is 2.05. The summed E-state index contributed by atoms with van der Waals surface area (Å²) in [6, 6.07) is 8.07. The molecular weight excluding hydrogens is 326 g/mol. The van der Waals surface area contributed by atoms with Gasteiger partial charge in [-0.1, -0.05) is 35.5 Å². The van der Waals surface area contributed by atoms with Gasteiger partial charge >= 0.3 is 5.97 Å². The average Bonchev–Trinajstić information content (AvgIpc) is 2.98. The van der Waals surface area contributed by atoms with Crippen molar-refractivity contribution in [3.05, 3.63) is 52.5 Å². The number of hydrogen-bond donors (Lipinski definition) is 2. The van der Waals surface area contributed by atoms with Gasteiger partial charge in [-0.05, 0) is 30.5 Å². The molecule has 1 heterocycles. The van der Waals surface area contributed by atoms with Crippen molar-refractivity contribution in [3.8, 4) is 0 Å². The molecule has 0 spiro atoms. The van der Waals surface area contributed by atoms with Crippen LogP contribution >= 0.6 is 11.3 Å². The van der Waals surface area contributed by atoms with Crippen molar-refractivity contribution in [2.75, 3.05) is 12.0 Å². The summed E-state index contributed by atoms with van der Waals surface area (Å²) < 4.78 is 0. The van der Waals surface area contributed by atoms with Crippen molar-refractivity contribution in [1.82, 2.24) is 4.98 Å². The monoisotopic (exact) mass is 345 g/mol. The summed E-state index contributed by atoms with van der Waals surface area (Å²) in [6.45, 7) is 4.15. The third kappa shape index (κ3) is 5.20. The molecule has 2 rings (SSSR count). The lowest BCUT2D eigenvalue weighted by Crippen LogP contribution is -2.04. The van der Waals surface area contributed by atoms with E-state index in [2.05, 4.69) is 15.5 Å². The lowest BCUT2D eigenvalue weighted by Gasteiger charge is -2.05. The van der Waals surface area contributed by atoms with Gasteiger partial charge in [0, 0.05) is 5.38 Å². The molecule has 0 radical (unpaired) electrons. The minimum Gasteiger partial charge on any atom is -0.481 e. The summed E-state index contributed by atoms with van der Waals surface area (Å²) >= 11 is 1.33. The Morgan fingerprint density at radius 1 is 1.46 bits per heavy atom. The van der Waals surface area contributed by atoms with Crippen molar-refractivity contribution in [3.63, 3.8) is 0 Å². The van der Waals surface area contributed by atoms with Crippen LogP contribution in [0.25, 0.3) is 5.57 Å². The SMILES string of the molecule is C/C=C(/C=N/OCNc1nc(CC(=O)O)cs1)c1ccccc1C. The second-order valence-electron chi connectivity index (χ2n) is 4.96. The zero-order valence-electron chi connectivity index (χ0n) is 13.5. The van der Waals surface area contributed by atoms with E-state index in [0.29, 0.717) is 10.8 Å². The molecule has 7 heteroatoms. The summed E-state index contributed by atoms with van der Waals surface area (Å²) in [5, 5.41) is 17.9. The Bertz CT molecular complexity index is 753. The molecule has 0 saturated heterocycles. The van der Waals surface area contributed by atoms with E-state index in [9.17, 15) is 4.79 Å².